The molecule has 0 aliphatic heterocycles. The van der Waals surface area contributed by atoms with Gasteiger partial charge in [0.2, 0.25) is 0 Å². The van der Waals surface area contributed by atoms with E-state index < -0.39 is 0 Å². The highest BCUT2D eigenvalue weighted by Gasteiger charge is 2.11. The monoisotopic (exact) mass is 315 g/mol. The van der Waals surface area contributed by atoms with Crippen LogP contribution in [0.15, 0.2) is 36.4 Å². The van der Waals surface area contributed by atoms with Crippen LogP contribution >= 0.6 is 0 Å². The Hall–Kier alpha value is -1.04. The summed E-state index contributed by atoms with van der Waals surface area (Å²) >= 11 is 0. The number of nitrogen functional groups attached to an aromatic ring is 1. The largest absolute Gasteiger partial charge is 1.00 e. The van der Waals surface area contributed by atoms with E-state index >= 15 is 0 Å². The topological polar surface area (TPSA) is 34.8 Å². The first kappa shape index (κ1) is 12.0. The van der Waals surface area contributed by atoms with E-state index in [4.69, 9.17) is 5.73 Å². The summed E-state index contributed by atoms with van der Waals surface area (Å²) in [6, 6.07) is 12.2. The third-order valence-electron chi connectivity index (χ3n) is 2.53. The Morgan fingerprint density at radius 3 is 2.27 bits per heavy atom. The van der Waals surface area contributed by atoms with Gasteiger partial charge in [0.15, 0.2) is 0 Å². The van der Waals surface area contributed by atoms with E-state index in [-0.39, 0.29) is 24.0 Å². The van der Waals surface area contributed by atoms with Crippen LogP contribution in [0.25, 0.3) is 11.3 Å². The van der Waals surface area contributed by atoms with Crippen LogP contribution in [0.5, 0.6) is 0 Å². The van der Waals surface area contributed by atoms with Gasteiger partial charge < -0.3 is 24.0 Å². The highest BCUT2D eigenvalue weighted by Crippen LogP contribution is 2.18. The zero-order valence-electron chi connectivity index (χ0n) is 8.81. The quantitative estimate of drug-likeness (QED) is 0.484. The highest BCUT2D eigenvalue weighted by molar-refractivity contribution is 5.61. The van der Waals surface area contributed by atoms with Crippen molar-refractivity contribution in [2.45, 2.75) is 0 Å². The molecule has 0 atom stereocenters. The minimum atomic E-state index is 0. The summed E-state index contributed by atoms with van der Waals surface area (Å²) in [6.45, 7) is 0. The van der Waals surface area contributed by atoms with Crippen molar-refractivity contribution in [3.63, 3.8) is 0 Å². The fourth-order valence-corrected chi connectivity index (χ4v) is 1.54. The Labute approximate surface area is 107 Å². The second-order valence-corrected chi connectivity index (χ2v) is 3.37. The standard InChI is InChI=1S/C11H13N3.HI/c1-13-10(8-11(12)14(13)2)9-6-4-3-5-7-9;/h3-8,12H,1-2H3;1H. The maximum Gasteiger partial charge on any atom is 0.293 e. The van der Waals surface area contributed by atoms with Crippen molar-refractivity contribution >= 4 is 5.82 Å². The second kappa shape index (κ2) is 4.65. The van der Waals surface area contributed by atoms with Gasteiger partial charge in [-0.1, -0.05) is 30.3 Å². The van der Waals surface area contributed by atoms with Crippen LogP contribution in [0.4, 0.5) is 5.82 Å². The summed E-state index contributed by atoms with van der Waals surface area (Å²) in [6.07, 6.45) is 0. The fourth-order valence-electron chi connectivity index (χ4n) is 1.54. The van der Waals surface area contributed by atoms with Gasteiger partial charge in [-0.2, -0.15) is 4.68 Å². The first-order chi connectivity index (χ1) is 6.70. The van der Waals surface area contributed by atoms with E-state index in [2.05, 4.69) is 12.1 Å². The van der Waals surface area contributed by atoms with Crippen LogP contribution in [0.2, 0.25) is 0 Å². The average molecular weight is 315 g/mol. The van der Waals surface area contributed by atoms with E-state index in [1.54, 1.807) is 0 Å². The van der Waals surface area contributed by atoms with E-state index in [1.165, 1.54) is 5.56 Å². The van der Waals surface area contributed by atoms with Gasteiger partial charge in [-0.15, -0.1) is 0 Å². The molecule has 3 nitrogen and oxygen atoms in total. The summed E-state index contributed by atoms with van der Waals surface area (Å²) in [5.74, 6) is 0.770. The predicted molar refractivity (Wildman–Crippen MR) is 56.4 cm³/mol. The molecule has 0 unspecified atom stereocenters. The third kappa shape index (κ3) is 2.14. The van der Waals surface area contributed by atoms with Crippen LogP contribution in [-0.2, 0) is 14.1 Å². The SMILES string of the molecule is Cn1c(-c2ccccc2)cc(N)[n+]1C.[I-]. The van der Waals surface area contributed by atoms with Gasteiger partial charge in [-0.3, -0.25) is 5.73 Å². The van der Waals surface area contributed by atoms with Crippen molar-refractivity contribution in [3.8, 4) is 11.3 Å². The van der Waals surface area contributed by atoms with Crippen LogP contribution in [0, 0.1) is 0 Å². The average Bonchev–Trinajstić information content (AvgIpc) is 2.47. The molecule has 0 aliphatic rings. The normalized spacial score (nSPS) is 9.73. The summed E-state index contributed by atoms with van der Waals surface area (Å²) in [4.78, 5) is 0. The molecule has 0 radical (unpaired) electrons. The first-order valence-electron chi connectivity index (χ1n) is 4.57. The molecule has 0 spiro atoms. The van der Waals surface area contributed by atoms with E-state index in [0.717, 1.165) is 11.5 Å². The maximum absolute atomic E-state index is 5.82. The zero-order chi connectivity index (χ0) is 10.1. The Bertz CT molecular complexity index is 448. The van der Waals surface area contributed by atoms with Gasteiger partial charge in [0.1, 0.15) is 7.05 Å². The van der Waals surface area contributed by atoms with Crippen molar-refractivity contribution in [2.24, 2.45) is 14.1 Å². The Morgan fingerprint density at radius 2 is 1.80 bits per heavy atom. The van der Waals surface area contributed by atoms with Crippen molar-refractivity contribution in [3.05, 3.63) is 36.4 Å². The number of hydrogen-bond acceptors (Lipinski definition) is 1. The lowest BCUT2D eigenvalue weighted by Crippen LogP contribution is -3.00. The van der Waals surface area contributed by atoms with Gasteiger partial charge in [-0.25, -0.2) is 4.68 Å². The van der Waals surface area contributed by atoms with E-state index in [0.29, 0.717) is 0 Å². The van der Waals surface area contributed by atoms with Crippen LogP contribution < -0.4 is 34.4 Å². The molecule has 0 amide bonds. The number of nitrogens with two attached hydrogens (primary N) is 1. The molecule has 1 heterocycles. The molecule has 0 fully saturated rings. The van der Waals surface area contributed by atoms with Crippen molar-refractivity contribution in [1.82, 2.24) is 4.68 Å². The molecule has 80 valence electrons. The number of halogens is 1. The van der Waals surface area contributed by atoms with Gasteiger partial charge >= 0.3 is 0 Å². The molecule has 2 N–H and O–H groups in total. The third-order valence-corrected chi connectivity index (χ3v) is 2.53. The molecule has 2 rings (SSSR count). The molecule has 2 aromatic rings. The number of rotatable bonds is 1. The highest BCUT2D eigenvalue weighted by atomic mass is 127. The number of aromatic nitrogens is 2. The molecule has 4 heteroatoms. The van der Waals surface area contributed by atoms with Crippen LogP contribution in [0.1, 0.15) is 0 Å². The molecule has 0 bridgehead atoms. The maximum atomic E-state index is 5.82. The zero-order valence-corrected chi connectivity index (χ0v) is 11.0. The van der Waals surface area contributed by atoms with E-state index in [1.807, 2.05) is 47.7 Å². The predicted octanol–water partition coefficient (Wildman–Crippen LogP) is -1.90. The van der Waals surface area contributed by atoms with Crippen LogP contribution in [-0.4, -0.2) is 4.68 Å². The van der Waals surface area contributed by atoms with E-state index in [9.17, 15) is 0 Å². The smallest absolute Gasteiger partial charge is 0.293 e. The lowest BCUT2D eigenvalue weighted by Gasteiger charge is -2.01. The second-order valence-electron chi connectivity index (χ2n) is 3.37. The molecule has 1 aromatic heterocycles. The summed E-state index contributed by atoms with van der Waals surface area (Å²) in [7, 11) is 3.94. The molecule has 0 saturated carbocycles. The minimum absolute atomic E-state index is 0. The lowest BCUT2D eigenvalue weighted by molar-refractivity contribution is -0.737. The molecule has 0 saturated heterocycles. The van der Waals surface area contributed by atoms with Crippen molar-refractivity contribution in [1.29, 1.82) is 0 Å². The molecular weight excluding hydrogens is 301 g/mol. The number of nitrogens with zero attached hydrogens (tertiary/aromatic N) is 2. The van der Waals surface area contributed by atoms with Gasteiger partial charge in [0, 0.05) is 12.6 Å². The summed E-state index contributed by atoms with van der Waals surface area (Å²) in [5.41, 5.74) is 8.13. The Balaban J connectivity index is 0.00000112. The number of anilines is 1. The Kier molecular flexibility index (Phi) is 3.73. The Morgan fingerprint density at radius 1 is 1.20 bits per heavy atom. The fraction of sp³-hybridized carbons (Fsp3) is 0.182. The van der Waals surface area contributed by atoms with Crippen LogP contribution in [0.3, 0.4) is 0 Å². The molecule has 15 heavy (non-hydrogen) atoms. The minimum Gasteiger partial charge on any atom is -1.00 e. The lowest BCUT2D eigenvalue weighted by atomic mass is 10.1. The molecule has 1 aromatic carbocycles. The van der Waals surface area contributed by atoms with Gasteiger partial charge in [0.05, 0.1) is 11.8 Å². The van der Waals surface area contributed by atoms with Gasteiger partial charge in [-0.05, 0) is 0 Å². The van der Waals surface area contributed by atoms with Gasteiger partial charge in [0.25, 0.3) is 5.82 Å². The van der Waals surface area contributed by atoms with Crippen molar-refractivity contribution in [2.75, 3.05) is 5.73 Å². The summed E-state index contributed by atoms with van der Waals surface area (Å²) in [5, 5.41) is 0. The first-order valence-corrected chi connectivity index (χ1v) is 4.57. The molecule has 0 aliphatic carbocycles. The number of hydrogen-bond donors (Lipinski definition) is 1. The summed E-state index contributed by atoms with van der Waals surface area (Å²) < 4.78 is 3.95. The van der Waals surface area contributed by atoms with Crippen molar-refractivity contribution < 1.29 is 28.7 Å². The molecular formula is C11H14IN3. The number of benzene rings is 1.